The molecular weight excluding hydrogens is 335 g/mol. The molecule has 1 saturated heterocycles. The molecule has 136 valence electrons. The molecule has 5 nitrogen and oxygen atoms in total. The number of halogens is 3. The molecule has 1 fully saturated rings. The smallest absolute Gasteiger partial charge is 0.416 e. The van der Waals surface area contributed by atoms with Crippen molar-refractivity contribution >= 4 is 11.7 Å². The van der Waals surface area contributed by atoms with Crippen molar-refractivity contribution in [1.29, 1.82) is 5.41 Å². The molecule has 1 aliphatic heterocycles. The zero-order valence-electron chi connectivity index (χ0n) is 13.8. The lowest BCUT2D eigenvalue weighted by atomic mass is 10.0. The summed E-state index contributed by atoms with van der Waals surface area (Å²) in [4.78, 5) is 12.2. The van der Waals surface area contributed by atoms with E-state index in [0.29, 0.717) is 25.1 Å². The van der Waals surface area contributed by atoms with Crippen molar-refractivity contribution in [1.82, 2.24) is 10.6 Å². The van der Waals surface area contributed by atoms with Crippen LogP contribution in [0.4, 0.5) is 13.2 Å². The standard InChI is InChI=1S/C17H20F3N3O2/c1-2-25-16(24)15(12-10-22-8-7-14(12)21)23-9-11-5-3-4-6-13(11)17(18,19)20/h3-6,21-23H,2,7-10H2,1H3/b15-12-,21-14?. The number of rotatable bonds is 5. The molecule has 1 heterocycles. The second-order valence-corrected chi connectivity index (χ2v) is 5.49. The molecule has 3 N–H and O–H groups in total. The van der Waals surface area contributed by atoms with Crippen LogP contribution in [0.25, 0.3) is 0 Å². The molecule has 0 amide bonds. The molecule has 0 spiro atoms. The normalized spacial score (nSPS) is 17.2. The number of benzene rings is 1. The highest BCUT2D eigenvalue weighted by molar-refractivity contribution is 6.05. The molecule has 0 saturated carbocycles. The van der Waals surface area contributed by atoms with E-state index in [1.807, 2.05) is 0 Å². The lowest BCUT2D eigenvalue weighted by molar-refractivity contribution is -0.139. The van der Waals surface area contributed by atoms with Crippen LogP contribution in [0.3, 0.4) is 0 Å². The van der Waals surface area contributed by atoms with Crippen LogP contribution in [0, 0.1) is 5.41 Å². The van der Waals surface area contributed by atoms with Gasteiger partial charge in [0.05, 0.1) is 12.2 Å². The Bertz CT molecular complexity index is 684. The Labute approximate surface area is 143 Å². The van der Waals surface area contributed by atoms with E-state index in [4.69, 9.17) is 10.1 Å². The first-order chi connectivity index (χ1) is 11.8. The van der Waals surface area contributed by atoms with Gasteiger partial charge in [0.25, 0.3) is 0 Å². The van der Waals surface area contributed by atoms with E-state index >= 15 is 0 Å². The molecule has 25 heavy (non-hydrogen) atoms. The SMILES string of the molecule is CCOC(=O)/C(NCc1ccccc1C(F)(F)F)=C1\CNCCC1=N. The van der Waals surface area contributed by atoms with Crippen LogP contribution in [-0.4, -0.2) is 31.4 Å². The average Bonchev–Trinajstić information content (AvgIpc) is 2.56. The summed E-state index contributed by atoms with van der Waals surface area (Å²) < 4.78 is 44.3. The Morgan fingerprint density at radius 1 is 1.36 bits per heavy atom. The van der Waals surface area contributed by atoms with Crippen LogP contribution in [0.1, 0.15) is 24.5 Å². The van der Waals surface area contributed by atoms with Gasteiger partial charge >= 0.3 is 12.1 Å². The Balaban J connectivity index is 2.29. The Kier molecular flexibility index (Phi) is 6.19. The summed E-state index contributed by atoms with van der Waals surface area (Å²) in [5.41, 5.74) is 0.00359. The maximum Gasteiger partial charge on any atom is 0.416 e. The van der Waals surface area contributed by atoms with Crippen molar-refractivity contribution in [2.45, 2.75) is 26.1 Å². The summed E-state index contributed by atoms with van der Waals surface area (Å²) in [5, 5.41) is 13.8. The van der Waals surface area contributed by atoms with Crippen LogP contribution in [-0.2, 0) is 22.3 Å². The quantitative estimate of drug-likeness (QED) is 0.561. The lowest BCUT2D eigenvalue weighted by Crippen LogP contribution is -2.36. The minimum absolute atomic E-state index is 0.0210. The van der Waals surface area contributed by atoms with Gasteiger partial charge in [-0.2, -0.15) is 13.2 Å². The fourth-order valence-corrected chi connectivity index (χ4v) is 2.56. The lowest BCUT2D eigenvalue weighted by Gasteiger charge is -2.22. The van der Waals surface area contributed by atoms with Gasteiger partial charge < -0.3 is 20.8 Å². The van der Waals surface area contributed by atoms with Gasteiger partial charge in [-0.3, -0.25) is 0 Å². The van der Waals surface area contributed by atoms with E-state index in [9.17, 15) is 18.0 Å². The molecule has 1 aliphatic rings. The van der Waals surface area contributed by atoms with Crippen molar-refractivity contribution in [3.05, 3.63) is 46.7 Å². The number of nitrogens with one attached hydrogen (secondary N) is 3. The van der Waals surface area contributed by atoms with Crippen molar-refractivity contribution in [3.63, 3.8) is 0 Å². The molecule has 1 aromatic rings. The van der Waals surface area contributed by atoms with Gasteiger partial charge in [0, 0.05) is 37.3 Å². The van der Waals surface area contributed by atoms with Crippen molar-refractivity contribution in [2.75, 3.05) is 19.7 Å². The molecule has 8 heteroatoms. The maximum atomic E-state index is 13.1. The average molecular weight is 355 g/mol. The van der Waals surface area contributed by atoms with Crippen LogP contribution >= 0.6 is 0 Å². The number of hydrogen-bond acceptors (Lipinski definition) is 5. The van der Waals surface area contributed by atoms with E-state index in [0.717, 1.165) is 6.07 Å². The fourth-order valence-electron chi connectivity index (χ4n) is 2.56. The minimum Gasteiger partial charge on any atom is -0.461 e. The van der Waals surface area contributed by atoms with Crippen LogP contribution in [0.2, 0.25) is 0 Å². The second kappa shape index (κ2) is 8.15. The van der Waals surface area contributed by atoms with E-state index in [1.54, 1.807) is 6.92 Å². The third-order valence-electron chi connectivity index (χ3n) is 3.78. The summed E-state index contributed by atoms with van der Waals surface area (Å²) >= 11 is 0. The van der Waals surface area contributed by atoms with Gasteiger partial charge in [-0.15, -0.1) is 0 Å². The van der Waals surface area contributed by atoms with Crippen LogP contribution in [0.15, 0.2) is 35.5 Å². The molecule has 1 aromatic carbocycles. The van der Waals surface area contributed by atoms with Crippen LogP contribution < -0.4 is 10.6 Å². The molecular formula is C17H20F3N3O2. The summed E-state index contributed by atoms with van der Waals surface area (Å²) in [6, 6.07) is 5.18. The zero-order valence-corrected chi connectivity index (χ0v) is 13.8. The summed E-state index contributed by atoms with van der Waals surface area (Å²) in [6.07, 6.45) is -4.03. The number of alkyl halides is 3. The first-order valence-electron chi connectivity index (χ1n) is 7.92. The fraction of sp³-hybridized carbons (Fsp3) is 0.412. The monoisotopic (exact) mass is 355 g/mol. The minimum atomic E-state index is -4.48. The number of esters is 1. The second-order valence-electron chi connectivity index (χ2n) is 5.49. The molecule has 2 rings (SSSR count). The van der Waals surface area contributed by atoms with Crippen molar-refractivity contribution < 1.29 is 22.7 Å². The highest BCUT2D eigenvalue weighted by Gasteiger charge is 2.33. The Morgan fingerprint density at radius 2 is 2.08 bits per heavy atom. The summed E-state index contributed by atoms with van der Waals surface area (Å²) in [6.45, 7) is 2.50. The summed E-state index contributed by atoms with van der Waals surface area (Å²) in [5.74, 6) is -0.671. The molecule has 0 bridgehead atoms. The molecule has 0 unspecified atom stereocenters. The maximum absolute atomic E-state index is 13.1. The van der Waals surface area contributed by atoms with Gasteiger partial charge in [-0.1, -0.05) is 18.2 Å². The molecule has 0 aliphatic carbocycles. The highest BCUT2D eigenvalue weighted by atomic mass is 19.4. The number of piperidine rings is 1. The van der Waals surface area contributed by atoms with Crippen LogP contribution in [0.5, 0.6) is 0 Å². The van der Waals surface area contributed by atoms with E-state index in [1.165, 1.54) is 18.2 Å². The third-order valence-corrected chi connectivity index (χ3v) is 3.78. The third kappa shape index (κ3) is 4.82. The van der Waals surface area contributed by atoms with Gasteiger partial charge in [0.15, 0.2) is 0 Å². The van der Waals surface area contributed by atoms with E-state index in [-0.39, 0.29) is 30.1 Å². The van der Waals surface area contributed by atoms with Crippen molar-refractivity contribution in [3.8, 4) is 0 Å². The van der Waals surface area contributed by atoms with E-state index < -0.39 is 17.7 Å². The number of carbonyl (C=O) groups excluding carboxylic acids is 1. The van der Waals surface area contributed by atoms with E-state index in [2.05, 4.69) is 10.6 Å². The number of hydrogen-bond donors (Lipinski definition) is 3. The van der Waals surface area contributed by atoms with Gasteiger partial charge in [0.2, 0.25) is 0 Å². The van der Waals surface area contributed by atoms with Gasteiger partial charge in [-0.25, -0.2) is 4.79 Å². The van der Waals surface area contributed by atoms with Gasteiger partial charge in [-0.05, 0) is 18.6 Å². The summed E-state index contributed by atoms with van der Waals surface area (Å²) in [7, 11) is 0. The van der Waals surface area contributed by atoms with Crippen molar-refractivity contribution in [2.24, 2.45) is 0 Å². The molecule has 0 aromatic heterocycles. The Hall–Kier alpha value is -2.35. The first-order valence-corrected chi connectivity index (χ1v) is 7.92. The zero-order chi connectivity index (χ0) is 18.4. The number of ether oxygens (including phenoxy) is 1. The highest BCUT2D eigenvalue weighted by Crippen LogP contribution is 2.31. The molecule has 0 radical (unpaired) electrons. The topological polar surface area (TPSA) is 74.2 Å². The first kappa shape index (κ1) is 19.0. The largest absolute Gasteiger partial charge is 0.461 e. The Morgan fingerprint density at radius 3 is 2.72 bits per heavy atom. The predicted molar refractivity (Wildman–Crippen MR) is 87.2 cm³/mol. The van der Waals surface area contributed by atoms with Gasteiger partial charge in [0.1, 0.15) is 5.70 Å². The number of carbonyl (C=O) groups is 1. The predicted octanol–water partition coefficient (Wildman–Crippen LogP) is 2.63. The molecule has 0 atom stereocenters.